The van der Waals surface area contributed by atoms with Gasteiger partial charge in [-0.3, -0.25) is 4.90 Å². The number of nitrogens with zero attached hydrogens (tertiary/aromatic N) is 1. The van der Waals surface area contributed by atoms with Gasteiger partial charge in [-0.25, -0.2) is 0 Å². The van der Waals surface area contributed by atoms with Crippen LogP contribution in [0.5, 0.6) is 5.75 Å². The molecular weight excluding hydrogens is 248 g/mol. The first-order valence-corrected chi connectivity index (χ1v) is 7.94. The molecule has 3 unspecified atom stereocenters. The van der Waals surface area contributed by atoms with Gasteiger partial charge in [0.05, 0.1) is 0 Å². The molecule has 0 spiro atoms. The molecule has 3 atom stereocenters. The van der Waals surface area contributed by atoms with E-state index < -0.39 is 0 Å². The fourth-order valence-electron chi connectivity index (χ4n) is 4.16. The molecule has 0 radical (unpaired) electrons. The van der Waals surface area contributed by atoms with Gasteiger partial charge in [-0.15, -0.1) is 0 Å². The second kappa shape index (κ2) is 5.74. The first kappa shape index (κ1) is 13.9. The molecule has 2 saturated heterocycles. The minimum atomic E-state index is 0.352. The molecule has 0 amide bonds. The number of aromatic hydroxyl groups is 1. The van der Waals surface area contributed by atoms with Crippen LogP contribution < -0.4 is 5.73 Å². The van der Waals surface area contributed by atoms with Crippen molar-refractivity contribution < 1.29 is 5.11 Å². The van der Waals surface area contributed by atoms with Gasteiger partial charge in [0, 0.05) is 24.2 Å². The molecule has 110 valence electrons. The fraction of sp³-hybridized carbons (Fsp3) is 0.647. The van der Waals surface area contributed by atoms with Crippen molar-refractivity contribution in [1.29, 1.82) is 0 Å². The molecule has 0 aliphatic carbocycles. The zero-order valence-corrected chi connectivity index (χ0v) is 12.3. The van der Waals surface area contributed by atoms with Crippen molar-refractivity contribution in [2.45, 2.75) is 69.6 Å². The number of piperidine rings is 1. The molecule has 3 N–H and O–H groups in total. The Morgan fingerprint density at radius 2 is 1.80 bits per heavy atom. The Hall–Kier alpha value is -1.06. The van der Waals surface area contributed by atoms with E-state index in [0.717, 1.165) is 18.5 Å². The Morgan fingerprint density at radius 1 is 1.20 bits per heavy atom. The summed E-state index contributed by atoms with van der Waals surface area (Å²) in [6.45, 7) is 2.36. The highest BCUT2D eigenvalue weighted by molar-refractivity contribution is 5.26. The predicted octanol–water partition coefficient (Wildman–Crippen LogP) is 2.67. The van der Waals surface area contributed by atoms with Crippen LogP contribution in [0.4, 0.5) is 0 Å². The van der Waals surface area contributed by atoms with E-state index in [1.54, 1.807) is 12.1 Å². The van der Waals surface area contributed by atoms with E-state index in [-0.39, 0.29) is 0 Å². The summed E-state index contributed by atoms with van der Waals surface area (Å²) >= 11 is 0. The molecular formula is C17H26N2O. The van der Waals surface area contributed by atoms with E-state index in [2.05, 4.69) is 11.8 Å². The van der Waals surface area contributed by atoms with Gasteiger partial charge < -0.3 is 10.8 Å². The highest BCUT2D eigenvalue weighted by atomic mass is 16.3. The lowest BCUT2D eigenvalue weighted by Gasteiger charge is -2.41. The van der Waals surface area contributed by atoms with Crippen molar-refractivity contribution >= 4 is 0 Å². The van der Waals surface area contributed by atoms with Crippen molar-refractivity contribution in [2.24, 2.45) is 5.73 Å². The molecule has 3 heteroatoms. The monoisotopic (exact) mass is 274 g/mol. The normalized spacial score (nSPS) is 31.4. The van der Waals surface area contributed by atoms with Crippen molar-refractivity contribution in [3.05, 3.63) is 29.8 Å². The SMILES string of the molecule is CC(CCc1ccc(O)cc1)N1C2CCC1CC(N)C2. The van der Waals surface area contributed by atoms with E-state index in [9.17, 15) is 5.11 Å². The third-order valence-corrected chi connectivity index (χ3v) is 5.12. The second-order valence-corrected chi connectivity index (χ2v) is 6.62. The summed E-state index contributed by atoms with van der Waals surface area (Å²) in [5.41, 5.74) is 7.46. The summed E-state index contributed by atoms with van der Waals surface area (Å²) in [5.74, 6) is 0.352. The van der Waals surface area contributed by atoms with E-state index >= 15 is 0 Å². The molecule has 2 aliphatic heterocycles. The van der Waals surface area contributed by atoms with Crippen LogP contribution in [-0.2, 0) is 6.42 Å². The maximum atomic E-state index is 9.32. The minimum Gasteiger partial charge on any atom is -0.508 e. The zero-order valence-electron chi connectivity index (χ0n) is 12.3. The van der Waals surface area contributed by atoms with Gasteiger partial charge in [0.25, 0.3) is 0 Å². The molecule has 20 heavy (non-hydrogen) atoms. The number of aryl methyl sites for hydroxylation is 1. The zero-order chi connectivity index (χ0) is 14.1. The van der Waals surface area contributed by atoms with Crippen LogP contribution in [0.2, 0.25) is 0 Å². The number of benzene rings is 1. The highest BCUT2D eigenvalue weighted by Crippen LogP contribution is 2.37. The summed E-state index contributed by atoms with van der Waals surface area (Å²) < 4.78 is 0. The molecule has 2 aliphatic rings. The number of phenolic OH excluding ortho intramolecular Hbond substituents is 1. The van der Waals surface area contributed by atoms with Crippen LogP contribution in [0.25, 0.3) is 0 Å². The number of phenols is 1. The minimum absolute atomic E-state index is 0.352. The topological polar surface area (TPSA) is 49.5 Å². The second-order valence-electron chi connectivity index (χ2n) is 6.62. The van der Waals surface area contributed by atoms with Crippen LogP contribution in [-0.4, -0.2) is 34.2 Å². The summed E-state index contributed by atoms with van der Waals surface area (Å²) in [7, 11) is 0. The van der Waals surface area contributed by atoms with Gasteiger partial charge >= 0.3 is 0 Å². The quantitative estimate of drug-likeness (QED) is 0.887. The molecule has 3 nitrogen and oxygen atoms in total. The first-order valence-electron chi connectivity index (χ1n) is 7.94. The molecule has 2 heterocycles. The lowest BCUT2D eigenvalue weighted by Crippen LogP contribution is -2.51. The molecule has 2 bridgehead atoms. The summed E-state index contributed by atoms with van der Waals surface area (Å²) in [6, 6.07) is 10.1. The summed E-state index contributed by atoms with van der Waals surface area (Å²) in [5, 5.41) is 9.32. The van der Waals surface area contributed by atoms with Gasteiger partial charge in [-0.05, 0) is 63.1 Å². The predicted molar refractivity (Wildman–Crippen MR) is 81.7 cm³/mol. The lowest BCUT2D eigenvalue weighted by atomic mass is 9.94. The van der Waals surface area contributed by atoms with Crippen LogP contribution >= 0.6 is 0 Å². The van der Waals surface area contributed by atoms with Crippen LogP contribution in [0.3, 0.4) is 0 Å². The number of rotatable bonds is 4. The van der Waals surface area contributed by atoms with Crippen molar-refractivity contribution in [2.75, 3.05) is 0 Å². The van der Waals surface area contributed by atoms with E-state index in [1.165, 1.54) is 37.7 Å². The Bertz CT molecular complexity index is 431. The summed E-state index contributed by atoms with van der Waals surface area (Å²) in [4.78, 5) is 2.74. The van der Waals surface area contributed by atoms with Crippen LogP contribution in [0.1, 0.15) is 44.6 Å². The van der Waals surface area contributed by atoms with Crippen molar-refractivity contribution in [1.82, 2.24) is 4.90 Å². The average molecular weight is 274 g/mol. The van der Waals surface area contributed by atoms with Gasteiger partial charge in [0.1, 0.15) is 5.75 Å². The first-order chi connectivity index (χ1) is 9.63. The van der Waals surface area contributed by atoms with E-state index in [1.807, 2.05) is 12.1 Å². The van der Waals surface area contributed by atoms with E-state index in [0.29, 0.717) is 17.8 Å². The Labute approximate surface area is 121 Å². The Kier molecular flexibility index (Phi) is 3.99. The molecule has 0 saturated carbocycles. The smallest absolute Gasteiger partial charge is 0.115 e. The number of fused-ring (bicyclic) bond motifs is 2. The Morgan fingerprint density at radius 3 is 2.40 bits per heavy atom. The third kappa shape index (κ3) is 2.84. The Balaban J connectivity index is 1.57. The van der Waals surface area contributed by atoms with Crippen molar-refractivity contribution in [3.8, 4) is 5.75 Å². The molecule has 3 rings (SSSR count). The van der Waals surface area contributed by atoms with Gasteiger partial charge in [0.15, 0.2) is 0 Å². The molecule has 1 aromatic carbocycles. The lowest BCUT2D eigenvalue weighted by molar-refractivity contribution is 0.0814. The average Bonchev–Trinajstić information content (AvgIpc) is 2.70. The maximum absolute atomic E-state index is 9.32. The highest BCUT2D eigenvalue weighted by Gasteiger charge is 2.41. The van der Waals surface area contributed by atoms with Crippen molar-refractivity contribution in [3.63, 3.8) is 0 Å². The molecule has 0 aromatic heterocycles. The number of hydrogen-bond donors (Lipinski definition) is 2. The number of nitrogens with two attached hydrogens (primary N) is 1. The standard InChI is InChI=1S/C17H26N2O/c1-12(2-3-13-4-8-17(20)9-5-13)19-15-6-7-16(19)11-14(18)10-15/h4-5,8-9,12,14-16,20H,2-3,6-7,10-11,18H2,1H3. The van der Waals surface area contributed by atoms with Gasteiger partial charge in [0.2, 0.25) is 0 Å². The van der Waals surface area contributed by atoms with E-state index in [4.69, 9.17) is 5.73 Å². The number of hydrogen-bond acceptors (Lipinski definition) is 3. The third-order valence-electron chi connectivity index (χ3n) is 5.12. The fourth-order valence-corrected chi connectivity index (χ4v) is 4.16. The van der Waals surface area contributed by atoms with Crippen LogP contribution in [0, 0.1) is 0 Å². The molecule has 1 aromatic rings. The van der Waals surface area contributed by atoms with Gasteiger partial charge in [-0.2, -0.15) is 0 Å². The molecule has 2 fully saturated rings. The maximum Gasteiger partial charge on any atom is 0.115 e. The van der Waals surface area contributed by atoms with Crippen LogP contribution in [0.15, 0.2) is 24.3 Å². The largest absolute Gasteiger partial charge is 0.508 e. The summed E-state index contributed by atoms with van der Waals surface area (Å²) in [6.07, 6.45) is 7.31. The van der Waals surface area contributed by atoms with Gasteiger partial charge in [-0.1, -0.05) is 12.1 Å².